The van der Waals surface area contributed by atoms with Gasteiger partial charge in [-0.2, -0.15) is 0 Å². The summed E-state index contributed by atoms with van der Waals surface area (Å²) in [7, 11) is 1.51. The number of amides is 1. The molecule has 0 aliphatic heterocycles. The molecule has 0 saturated heterocycles. The molecule has 1 aromatic rings. The van der Waals surface area contributed by atoms with Crippen molar-refractivity contribution < 1.29 is 23.8 Å². The lowest BCUT2D eigenvalue weighted by Gasteiger charge is -2.13. The predicted octanol–water partition coefficient (Wildman–Crippen LogP) is 3.22. The third-order valence-electron chi connectivity index (χ3n) is 3.13. The molecule has 0 saturated carbocycles. The smallest absolute Gasteiger partial charge is 0.331 e. The van der Waals surface area contributed by atoms with Crippen LogP contribution >= 0.6 is 11.6 Å². The Labute approximate surface area is 153 Å². The third-order valence-corrected chi connectivity index (χ3v) is 3.41. The van der Waals surface area contributed by atoms with Gasteiger partial charge in [-0.3, -0.25) is 4.79 Å². The lowest BCUT2D eigenvalue weighted by atomic mass is 10.2. The largest absolute Gasteiger partial charge is 0.493 e. The Hall–Kier alpha value is -2.21. The Morgan fingerprint density at radius 2 is 2.04 bits per heavy atom. The molecule has 0 aromatic heterocycles. The average molecular weight is 370 g/mol. The minimum atomic E-state index is -0.861. The van der Waals surface area contributed by atoms with Crippen molar-refractivity contribution >= 4 is 29.6 Å². The molecule has 1 N–H and O–H groups in total. The van der Waals surface area contributed by atoms with Crippen molar-refractivity contribution in [2.45, 2.75) is 33.3 Å². The SMILES string of the molecule is CCCOc1c(Cl)cc(/C=C/C(=O)O[C@@H](C)C(=O)NCC)cc1OC. The molecule has 0 bridgehead atoms. The monoisotopic (exact) mass is 369 g/mol. The zero-order valence-electron chi connectivity index (χ0n) is 14.9. The molecule has 25 heavy (non-hydrogen) atoms. The van der Waals surface area contributed by atoms with Crippen LogP contribution in [0.5, 0.6) is 11.5 Å². The number of halogens is 1. The fraction of sp³-hybridized carbons (Fsp3) is 0.444. The van der Waals surface area contributed by atoms with E-state index in [2.05, 4.69) is 5.32 Å². The molecule has 1 aromatic carbocycles. The fourth-order valence-electron chi connectivity index (χ4n) is 1.93. The minimum absolute atomic E-state index is 0.341. The summed E-state index contributed by atoms with van der Waals surface area (Å²) >= 11 is 6.22. The fourth-order valence-corrected chi connectivity index (χ4v) is 2.20. The van der Waals surface area contributed by atoms with Gasteiger partial charge in [-0.25, -0.2) is 4.79 Å². The molecule has 6 nitrogen and oxygen atoms in total. The van der Waals surface area contributed by atoms with Gasteiger partial charge in [-0.1, -0.05) is 18.5 Å². The highest BCUT2D eigenvalue weighted by Gasteiger charge is 2.15. The number of esters is 1. The molecule has 0 aliphatic carbocycles. The second kappa shape index (κ2) is 10.6. The number of nitrogens with one attached hydrogen (secondary N) is 1. The van der Waals surface area contributed by atoms with Crippen LogP contribution in [0.25, 0.3) is 6.08 Å². The summed E-state index contributed by atoms with van der Waals surface area (Å²) in [5, 5.41) is 2.97. The van der Waals surface area contributed by atoms with Crippen LogP contribution < -0.4 is 14.8 Å². The van der Waals surface area contributed by atoms with Crippen LogP contribution in [0.2, 0.25) is 5.02 Å². The maximum absolute atomic E-state index is 11.8. The van der Waals surface area contributed by atoms with Gasteiger partial charge in [0.05, 0.1) is 18.7 Å². The maximum atomic E-state index is 11.8. The van der Waals surface area contributed by atoms with E-state index >= 15 is 0 Å². The van der Waals surface area contributed by atoms with Crippen LogP contribution in [0.4, 0.5) is 0 Å². The summed E-state index contributed by atoms with van der Waals surface area (Å²) in [4.78, 5) is 23.3. The summed E-state index contributed by atoms with van der Waals surface area (Å²) in [6.07, 6.45) is 2.75. The molecule has 0 heterocycles. The van der Waals surface area contributed by atoms with Crippen LogP contribution in [0.15, 0.2) is 18.2 Å². The molecule has 1 atom stereocenters. The number of carbonyl (C=O) groups excluding carboxylic acids is 2. The Morgan fingerprint density at radius 1 is 1.32 bits per heavy atom. The van der Waals surface area contributed by atoms with E-state index in [9.17, 15) is 9.59 Å². The first-order chi connectivity index (χ1) is 11.9. The number of rotatable bonds is 9. The first-order valence-corrected chi connectivity index (χ1v) is 8.47. The van der Waals surface area contributed by atoms with Crippen molar-refractivity contribution in [2.75, 3.05) is 20.3 Å². The Bertz CT molecular complexity index is 630. The first kappa shape index (κ1) is 20.8. The van der Waals surface area contributed by atoms with Gasteiger partial charge >= 0.3 is 5.97 Å². The number of methoxy groups -OCH3 is 1. The lowest BCUT2D eigenvalue weighted by Crippen LogP contribution is -2.35. The van der Waals surface area contributed by atoms with Crippen LogP contribution in [0, 0.1) is 0 Å². The van der Waals surface area contributed by atoms with Gasteiger partial charge < -0.3 is 19.5 Å². The van der Waals surface area contributed by atoms with Crippen molar-refractivity contribution in [3.05, 3.63) is 28.8 Å². The number of carbonyl (C=O) groups is 2. The van der Waals surface area contributed by atoms with Gasteiger partial charge in [0.1, 0.15) is 0 Å². The van der Waals surface area contributed by atoms with Gasteiger partial charge in [0.15, 0.2) is 17.6 Å². The van der Waals surface area contributed by atoms with Crippen LogP contribution in [0.1, 0.15) is 32.8 Å². The lowest BCUT2D eigenvalue weighted by molar-refractivity contribution is -0.150. The number of hydrogen-bond acceptors (Lipinski definition) is 5. The molecule has 1 rings (SSSR count). The average Bonchev–Trinajstić information content (AvgIpc) is 2.58. The van der Waals surface area contributed by atoms with Crippen molar-refractivity contribution in [2.24, 2.45) is 0 Å². The second-order valence-electron chi connectivity index (χ2n) is 5.19. The quantitative estimate of drug-likeness (QED) is 0.534. The predicted molar refractivity (Wildman–Crippen MR) is 97.1 cm³/mol. The molecule has 7 heteroatoms. The Morgan fingerprint density at radius 3 is 2.64 bits per heavy atom. The van der Waals surface area contributed by atoms with Gasteiger partial charge in [0, 0.05) is 12.6 Å². The van der Waals surface area contributed by atoms with E-state index in [0.717, 1.165) is 6.42 Å². The standard InChI is InChI=1S/C18H24ClNO5/c1-5-9-24-17-14(19)10-13(11-15(17)23-4)7-8-16(21)25-12(3)18(22)20-6-2/h7-8,10-12H,5-6,9H2,1-4H3,(H,20,22)/b8-7+/t12-/m0/s1. The maximum Gasteiger partial charge on any atom is 0.331 e. The molecule has 1 amide bonds. The van der Waals surface area contributed by atoms with Gasteiger partial charge in [-0.05, 0) is 44.0 Å². The van der Waals surface area contributed by atoms with E-state index in [-0.39, 0.29) is 5.91 Å². The zero-order valence-corrected chi connectivity index (χ0v) is 15.7. The summed E-state index contributed by atoms with van der Waals surface area (Å²) in [5.74, 6) is -0.0215. The highest BCUT2D eigenvalue weighted by molar-refractivity contribution is 6.32. The molecular weight excluding hydrogens is 346 g/mol. The number of hydrogen-bond donors (Lipinski definition) is 1. The van der Waals surface area contributed by atoms with E-state index in [1.54, 1.807) is 19.1 Å². The van der Waals surface area contributed by atoms with E-state index in [4.69, 9.17) is 25.8 Å². The molecule has 138 valence electrons. The van der Waals surface area contributed by atoms with Crippen molar-refractivity contribution in [3.63, 3.8) is 0 Å². The van der Waals surface area contributed by atoms with Gasteiger partial charge in [0.25, 0.3) is 5.91 Å². The summed E-state index contributed by atoms with van der Waals surface area (Å²) < 4.78 is 15.9. The molecular formula is C18H24ClNO5. The summed E-state index contributed by atoms with van der Waals surface area (Å²) in [6.45, 7) is 6.29. The van der Waals surface area contributed by atoms with Crippen LogP contribution in [0.3, 0.4) is 0 Å². The normalized spacial score (nSPS) is 11.9. The first-order valence-electron chi connectivity index (χ1n) is 8.09. The Balaban J connectivity index is 2.81. The third kappa shape index (κ3) is 6.66. The van der Waals surface area contributed by atoms with Crippen LogP contribution in [-0.2, 0) is 14.3 Å². The highest BCUT2D eigenvalue weighted by atomic mass is 35.5. The molecule has 0 unspecified atom stereocenters. The number of ether oxygens (including phenoxy) is 3. The van der Waals surface area contributed by atoms with E-state index in [0.29, 0.717) is 35.2 Å². The Kier molecular flexibility index (Phi) is 8.84. The topological polar surface area (TPSA) is 73.9 Å². The molecule has 0 spiro atoms. The van der Waals surface area contributed by atoms with Crippen molar-refractivity contribution in [1.82, 2.24) is 5.32 Å². The molecule has 0 radical (unpaired) electrons. The minimum Gasteiger partial charge on any atom is -0.493 e. The second-order valence-corrected chi connectivity index (χ2v) is 5.60. The van der Waals surface area contributed by atoms with Gasteiger partial charge in [-0.15, -0.1) is 0 Å². The van der Waals surface area contributed by atoms with E-state index in [1.165, 1.54) is 26.2 Å². The summed E-state index contributed by atoms with van der Waals surface area (Å²) in [5.41, 5.74) is 0.647. The van der Waals surface area contributed by atoms with Crippen molar-refractivity contribution in [1.29, 1.82) is 0 Å². The zero-order chi connectivity index (χ0) is 18.8. The molecule has 0 aliphatic rings. The number of benzene rings is 1. The van der Waals surface area contributed by atoms with Gasteiger partial charge in [0.2, 0.25) is 0 Å². The molecule has 0 fully saturated rings. The van der Waals surface area contributed by atoms with E-state index in [1.807, 2.05) is 6.92 Å². The van der Waals surface area contributed by atoms with Crippen LogP contribution in [-0.4, -0.2) is 38.2 Å². The van der Waals surface area contributed by atoms with E-state index < -0.39 is 12.1 Å². The summed E-state index contributed by atoms with van der Waals surface area (Å²) in [6, 6.07) is 3.36. The highest BCUT2D eigenvalue weighted by Crippen LogP contribution is 2.36. The van der Waals surface area contributed by atoms with Crippen molar-refractivity contribution in [3.8, 4) is 11.5 Å². The number of likely N-dealkylation sites (N-methyl/N-ethyl adjacent to an activating group) is 1.